The van der Waals surface area contributed by atoms with Crippen LogP contribution in [0.25, 0.3) is 10.6 Å². The number of aromatic nitrogens is 3. The maximum absolute atomic E-state index is 12.7. The molecular weight excluding hydrogens is 410 g/mol. The van der Waals surface area contributed by atoms with Gasteiger partial charge in [-0.1, -0.05) is 6.07 Å². The van der Waals surface area contributed by atoms with Crippen molar-refractivity contribution in [2.75, 3.05) is 25.4 Å². The number of nitrogens with two attached hydrogens (primary N) is 1. The molecule has 3 aromatic heterocycles. The van der Waals surface area contributed by atoms with Gasteiger partial charge in [-0.15, -0.1) is 11.3 Å². The van der Waals surface area contributed by atoms with E-state index in [0.29, 0.717) is 12.2 Å². The summed E-state index contributed by atoms with van der Waals surface area (Å²) in [4.78, 5) is 29.9. The van der Waals surface area contributed by atoms with Crippen molar-refractivity contribution in [2.24, 2.45) is 0 Å². The normalized spacial score (nSPS) is 17.5. The molecule has 0 bridgehead atoms. The Balaban J connectivity index is 1.27. The Bertz CT molecular complexity index is 1060. The van der Waals surface area contributed by atoms with Crippen molar-refractivity contribution in [3.63, 3.8) is 0 Å². The summed E-state index contributed by atoms with van der Waals surface area (Å²) in [6.45, 7) is 2.16. The Morgan fingerprint density at radius 3 is 2.84 bits per heavy atom. The maximum atomic E-state index is 12.7. The number of rotatable bonds is 4. The second kappa shape index (κ2) is 8.36. The lowest BCUT2D eigenvalue weighted by molar-refractivity contribution is -0.140. The predicted octanol–water partition coefficient (Wildman–Crippen LogP) is 3.21. The Morgan fingerprint density at radius 2 is 2.10 bits per heavy atom. The summed E-state index contributed by atoms with van der Waals surface area (Å²) in [5, 5.41) is 0. The number of carbonyl (C=O) groups excluding carboxylic acids is 1. The van der Waals surface area contributed by atoms with Crippen LogP contribution in [0.15, 0.2) is 43.0 Å². The van der Waals surface area contributed by atoms with Crippen LogP contribution in [0.4, 0.5) is 5.82 Å². The highest BCUT2D eigenvalue weighted by molar-refractivity contribution is 7.15. The number of aryl methyl sites for hydroxylation is 1. The highest BCUT2D eigenvalue weighted by atomic mass is 32.1. The van der Waals surface area contributed by atoms with Crippen molar-refractivity contribution in [1.82, 2.24) is 19.9 Å². The van der Waals surface area contributed by atoms with E-state index in [1.165, 1.54) is 10.4 Å². The fraction of sp³-hybridized carbons (Fsp3) is 0.391. The Kier molecular flexibility index (Phi) is 5.41. The average Bonchev–Trinajstić information content (AvgIpc) is 3.25. The lowest BCUT2D eigenvalue weighted by Gasteiger charge is -2.44. The lowest BCUT2D eigenvalue weighted by atomic mass is 9.82. The van der Waals surface area contributed by atoms with Crippen molar-refractivity contribution in [3.05, 3.63) is 59.0 Å². The highest BCUT2D eigenvalue weighted by Crippen LogP contribution is 2.46. The molecule has 5 heterocycles. The first-order chi connectivity index (χ1) is 15.1. The summed E-state index contributed by atoms with van der Waals surface area (Å²) in [5.74, 6) is 0.628. The summed E-state index contributed by atoms with van der Waals surface area (Å²) in [6, 6.07) is 6.13. The van der Waals surface area contributed by atoms with Crippen LogP contribution in [0.3, 0.4) is 0 Å². The van der Waals surface area contributed by atoms with Gasteiger partial charge in [-0.25, -0.2) is 9.97 Å². The number of anilines is 1. The zero-order valence-electron chi connectivity index (χ0n) is 17.3. The van der Waals surface area contributed by atoms with Crippen LogP contribution in [-0.4, -0.2) is 45.5 Å². The van der Waals surface area contributed by atoms with Gasteiger partial charge in [0.15, 0.2) is 0 Å². The van der Waals surface area contributed by atoms with E-state index in [2.05, 4.69) is 21.0 Å². The van der Waals surface area contributed by atoms with E-state index < -0.39 is 0 Å². The van der Waals surface area contributed by atoms with E-state index in [1.807, 2.05) is 23.2 Å². The number of carbonyl (C=O) groups is 1. The molecule has 7 nitrogen and oxygen atoms in total. The highest BCUT2D eigenvalue weighted by Gasteiger charge is 2.42. The lowest BCUT2D eigenvalue weighted by Crippen LogP contribution is -2.48. The first-order valence-electron chi connectivity index (χ1n) is 10.6. The van der Waals surface area contributed by atoms with Crippen molar-refractivity contribution < 1.29 is 9.53 Å². The van der Waals surface area contributed by atoms with Gasteiger partial charge in [-0.2, -0.15) is 0 Å². The Morgan fingerprint density at radius 1 is 1.23 bits per heavy atom. The molecule has 1 fully saturated rings. The SMILES string of the molecule is Nc1cnc(-c2cc3c(s2)CCOC32CCN(C(=O)CCc3cccnc3)CC2)cn1. The van der Waals surface area contributed by atoms with E-state index in [9.17, 15) is 4.79 Å². The number of piperidine rings is 1. The van der Waals surface area contributed by atoms with Gasteiger partial charge in [0.1, 0.15) is 5.82 Å². The minimum absolute atomic E-state index is 0.206. The number of pyridine rings is 1. The topological polar surface area (TPSA) is 94.2 Å². The zero-order chi connectivity index (χ0) is 21.3. The quantitative estimate of drug-likeness (QED) is 0.676. The van der Waals surface area contributed by atoms with Crippen LogP contribution in [0.1, 0.15) is 35.3 Å². The number of thiophene rings is 1. The molecule has 0 aliphatic carbocycles. The molecule has 5 rings (SSSR count). The van der Waals surface area contributed by atoms with Gasteiger partial charge in [0.2, 0.25) is 5.91 Å². The molecule has 2 aliphatic heterocycles. The number of hydrogen-bond donors (Lipinski definition) is 1. The van der Waals surface area contributed by atoms with Crippen molar-refractivity contribution in [3.8, 4) is 10.6 Å². The van der Waals surface area contributed by atoms with Crippen molar-refractivity contribution in [1.29, 1.82) is 0 Å². The van der Waals surface area contributed by atoms with E-state index in [4.69, 9.17) is 10.5 Å². The Hall–Kier alpha value is -2.84. The Labute approximate surface area is 185 Å². The first kappa shape index (κ1) is 20.1. The van der Waals surface area contributed by atoms with Crippen LogP contribution in [-0.2, 0) is 28.0 Å². The summed E-state index contributed by atoms with van der Waals surface area (Å²) < 4.78 is 6.36. The van der Waals surface area contributed by atoms with Gasteiger partial charge in [-0.3, -0.25) is 9.78 Å². The number of amides is 1. The molecule has 160 valence electrons. The molecule has 31 heavy (non-hydrogen) atoms. The third-order valence-electron chi connectivity index (χ3n) is 6.21. The standard InChI is InChI=1S/C23H25N5O2S/c24-21-15-26-18(14-27-21)20-12-17-19(31-20)5-11-30-23(17)6-9-28(10-7-23)22(29)4-3-16-2-1-8-25-13-16/h1-2,8,12-15H,3-7,9-11H2,(H2,24,27). The number of ether oxygens (including phenoxy) is 1. The third-order valence-corrected chi connectivity index (χ3v) is 7.42. The maximum Gasteiger partial charge on any atom is 0.222 e. The van der Waals surface area contributed by atoms with Gasteiger partial charge in [0.05, 0.1) is 35.2 Å². The van der Waals surface area contributed by atoms with Crippen LogP contribution in [0, 0.1) is 0 Å². The molecule has 0 atom stereocenters. The minimum Gasteiger partial charge on any atom is -0.382 e. The second-order valence-corrected chi connectivity index (χ2v) is 9.25. The monoisotopic (exact) mass is 435 g/mol. The summed E-state index contributed by atoms with van der Waals surface area (Å²) in [7, 11) is 0. The van der Waals surface area contributed by atoms with Gasteiger partial charge in [0.25, 0.3) is 0 Å². The molecule has 8 heteroatoms. The van der Waals surface area contributed by atoms with Gasteiger partial charge in [-0.05, 0) is 42.5 Å². The average molecular weight is 436 g/mol. The molecule has 2 aliphatic rings. The molecule has 0 saturated carbocycles. The van der Waals surface area contributed by atoms with E-state index >= 15 is 0 Å². The second-order valence-electron chi connectivity index (χ2n) is 8.11. The van der Waals surface area contributed by atoms with Crippen molar-refractivity contribution in [2.45, 2.75) is 37.7 Å². The first-order valence-corrected chi connectivity index (χ1v) is 11.5. The smallest absolute Gasteiger partial charge is 0.222 e. The van der Waals surface area contributed by atoms with E-state index in [1.54, 1.807) is 29.9 Å². The van der Waals surface area contributed by atoms with Gasteiger partial charge >= 0.3 is 0 Å². The molecule has 1 saturated heterocycles. The number of nitrogen functional groups attached to an aromatic ring is 1. The molecular formula is C23H25N5O2S. The summed E-state index contributed by atoms with van der Waals surface area (Å²) in [5.41, 5.74) is 8.58. The number of fused-ring (bicyclic) bond motifs is 2. The number of nitrogens with zero attached hydrogens (tertiary/aromatic N) is 4. The van der Waals surface area contributed by atoms with E-state index in [-0.39, 0.29) is 11.5 Å². The molecule has 0 unspecified atom stereocenters. The fourth-order valence-electron chi connectivity index (χ4n) is 4.49. The molecule has 3 aromatic rings. The molecule has 1 spiro atoms. The largest absolute Gasteiger partial charge is 0.382 e. The van der Waals surface area contributed by atoms with Gasteiger partial charge in [0, 0.05) is 43.2 Å². The van der Waals surface area contributed by atoms with Crippen LogP contribution >= 0.6 is 11.3 Å². The molecule has 2 N–H and O–H groups in total. The predicted molar refractivity (Wildman–Crippen MR) is 119 cm³/mol. The van der Waals surface area contributed by atoms with Crippen LogP contribution < -0.4 is 5.73 Å². The van der Waals surface area contributed by atoms with Crippen LogP contribution in [0.5, 0.6) is 0 Å². The summed E-state index contributed by atoms with van der Waals surface area (Å²) in [6.07, 6.45) is 10.7. The molecule has 1 amide bonds. The molecule has 0 radical (unpaired) electrons. The van der Waals surface area contributed by atoms with Gasteiger partial charge < -0.3 is 15.4 Å². The number of hydrogen-bond acceptors (Lipinski definition) is 7. The molecule has 0 aromatic carbocycles. The van der Waals surface area contributed by atoms with Crippen molar-refractivity contribution >= 4 is 23.1 Å². The van der Waals surface area contributed by atoms with E-state index in [0.717, 1.165) is 61.5 Å². The minimum atomic E-state index is -0.302. The third kappa shape index (κ3) is 4.05. The number of likely N-dealkylation sites (tertiary alicyclic amines) is 1. The zero-order valence-corrected chi connectivity index (χ0v) is 18.1. The fourth-order valence-corrected chi connectivity index (χ4v) is 5.69. The summed E-state index contributed by atoms with van der Waals surface area (Å²) >= 11 is 1.76. The van der Waals surface area contributed by atoms with Crippen LogP contribution in [0.2, 0.25) is 0 Å².